The van der Waals surface area contributed by atoms with Gasteiger partial charge in [-0.15, -0.1) is 11.3 Å². The molecule has 1 N–H and O–H groups in total. The third kappa shape index (κ3) is 3.76. The topological polar surface area (TPSA) is 59.4 Å². The zero-order valence-electron chi connectivity index (χ0n) is 12.5. The second-order valence-electron chi connectivity index (χ2n) is 5.14. The number of phenols is 1. The number of aromatic nitrogens is 1. The zero-order valence-corrected chi connectivity index (χ0v) is 13.3. The zero-order chi connectivity index (χ0) is 16.2. The van der Waals surface area contributed by atoms with Crippen LogP contribution in [0.5, 0.6) is 5.75 Å². The fraction of sp³-hybridized carbons (Fsp3) is 0.111. The molecular formula is C18H15NO3S. The average Bonchev–Trinajstić information content (AvgIpc) is 3.02. The first-order valence-electron chi connectivity index (χ1n) is 7.09. The number of aryl methyl sites for hydroxylation is 1. The maximum absolute atomic E-state index is 11.9. The van der Waals surface area contributed by atoms with E-state index in [9.17, 15) is 9.90 Å². The van der Waals surface area contributed by atoms with Crippen LogP contribution in [-0.2, 0) is 11.3 Å². The second kappa shape index (κ2) is 6.62. The number of ether oxygens (including phenoxy) is 1. The number of esters is 1. The van der Waals surface area contributed by atoms with Crippen LogP contribution in [0, 0.1) is 6.92 Å². The smallest absolute Gasteiger partial charge is 0.338 e. The molecule has 0 fully saturated rings. The molecule has 0 aliphatic heterocycles. The SMILES string of the molecule is Cc1ccc(-c2nc(COC(=O)c3cccc(O)c3)cs2)cc1. The summed E-state index contributed by atoms with van der Waals surface area (Å²) in [5, 5.41) is 12.2. The Morgan fingerprint density at radius 2 is 2.00 bits per heavy atom. The predicted molar refractivity (Wildman–Crippen MR) is 89.5 cm³/mol. The molecule has 0 atom stereocenters. The first-order chi connectivity index (χ1) is 11.1. The standard InChI is InChI=1S/C18H15NO3S/c1-12-5-7-13(8-6-12)17-19-15(11-23-17)10-22-18(21)14-3-2-4-16(20)9-14/h2-9,11,20H,10H2,1H3. The lowest BCUT2D eigenvalue weighted by Gasteiger charge is -2.03. The van der Waals surface area contributed by atoms with Crippen LogP contribution in [-0.4, -0.2) is 16.1 Å². The van der Waals surface area contributed by atoms with E-state index in [0.717, 1.165) is 10.6 Å². The van der Waals surface area contributed by atoms with E-state index in [4.69, 9.17) is 4.74 Å². The molecule has 0 spiro atoms. The van der Waals surface area contributed by atoms with Crippen molar-refractivity contribution in [2.75, 3.05) is 0 Å². The molecule has 23 heavy (non-hydrogen) atoms. The molecule has 0 saturated heterocycles. The summed E-state index contributed by atoms with van der Waals surface area (Å²) in [6.07, 6.45) is 0. The van der Waals surface area contributed by atoms with Crippen LogP contribution in [0.2, 0.25) is 0 Å². The third-order valence-corrected chi connectivity index (χ3v) is 4.22. The Balaban J connectivity index is 1.65. The summed E-state index contributed by atoms with van der Waals surface area (Å²) >= 11 is 1.52. The Hall–Kier alpha value is -2.66. The maximum Gasteiger partial charge on any atom is 0.338 e. The molecule has 0 saturated carbocycles. The van der Waals surface area contributed by atoms with Crippen LogP contribution in [0.1, 0.15) is 21.6 Å². The monoisotopic (exact) mass is 325 g/mol. The molecule has 0 bridgehead atoms. The number of carbonyl (C=O) groups is 1. The first kappa shape index (κ1) is 15.2. The highest BCUT2D eigenvalue weighted by Crippen LogP contribution is 2.24. The molecular weight excluding hydrogens is 310 g/mol. The summed E-state index contributed by atoms with van der Waals surface area (Å²) in [6.45, 7) is 2.15. The Labute approximate surface area is 138 Å². The van der Waals surface area contributed by atoms with E-state index in [1.165, 1.54) is 29.0 Å². The van der Waals surface area contributed by atoms with Crippen molar-refractivity contribution in [2.45, 2.75) is 13.5 Å². The third-order valence-electron chi connectivity index (χ3n) is 3.28. The first-order valence-corrected chi connectivity index (χ1v) is 7.97. The van der Waals surface area contributed by atoms with Gasteiger partial charge in [-0.2, -0.15) is 0 Å². The number of hydrogen-bond donors (Lipinski definition) is 1. The Kier molecular flexibility index (Phi) is 4.39. The van der Waals surface area contributed by atoms with E-state index in [-0.39, 0.29) is 12.4 Å². The predicted octanol–water partition coefficient (Wildman–Crippen LogP) is 4.18. The van der Waals surface area contributed by atoms with Gasteiger partial charge in [-0.1, -0.05) is 35.9 Å². The van der Waals surface area contributed by atoms with Gasteiger partial charge in [0, 0.05) is 10.9 Å². The van der Waals surface area contributed by atoms with Crippen molar-refractivity contribution >= 4 is 17.3 Å². The van der Waals surface area contributed by atoms with Crippen LogP contribution < -0.4 is 0 Å². The molecule has 5 heteroatoms. The van der Waals surface area contributed by atoms with Crippen molar-refractivity contribution in [1.29, 1.82) is 0 Å². The molecule has 0 radical (unpaired) electrons. The van der Waals surface area contributed by atoms with Crippen LogP contribution in [0.4, 0.5) is 0 Å². The fourth-order valence-corrected chi connectivity index (χ4v) is 2.87. The minimum atomic E-state index is -0.481. The number of aromatic hydroxyl groups is 1. The number of phenolic OH excluding ortho intramolecular Hbond substituents is 1. The van der Waals surface area contributed by atoms with Gasteiger partial charge < -0.3 is 9.84 Å². The van der Waals surface area contributed by atoms with Gasteiger partial charge in [0.25, 0.3) is 0 Å². The highest BCUT2D eigenvalue weighted by atomic mass is 32.1. The van der Waals surface area contributed by atoms with Crippen molar-refractivity contribution in [1.82, 2.24) is 4.98 Å². The van der Waals surface area contributed by atoms with Crippen molar-refractivity contribution in [2.24, 2.45) is 0 Å². The molecule has 0 aliphatic rings. The molecule has 0 amide bonds. The van der Waals surface area contributed by atoms with Gasteiger partial charge in [-0.05, 0) is 25.1 Å². The average molecular weight is 325 g/mol. The largest absolute Gasteiger partial charge is 0.508 e. The van der Waals surface area contributed by atoms with Crippen molar-refractivity contribution in [3.8, 4) is 16.3 Å². The van der Waals surface area contributed by atoms with E-state index in [1.54, 1.807) is 12.1 Å². The van der Waals surface area contributed by atoms with E-state index in [0.29, 0.717) is 11.3 Å². The normalized spacial score (nSPS) is 10.5. The van der Waals surface area contributed by atoms with Gasteiger partial charge >= 0.3 is 5.97 Å². The minimum absolute atomic E-state index is 0.0368. The van der Waals surface area contributed by atoms with Crippen LogP contribution in [0.25, 0.3) is 10.6 Å². The number of rotatable bonds is 4. The molecule has 4 nitrogen and oxygen atoms in total. The summed E-state index contributed by atoms with van der Waals surface area (Å²) < 4.78 is 5.23. The maximum atomic E-state index is 11.9. The molecule has 2 aromatic carbocycles. The van der Waals surface area contributed by atoms with Gasteiger partial charge in [-0.25, -0.2) is 9.78 Å². The summed E-state index contributed by atoms with van der Waals surface area (Å²) in [5.74, 6) is -0.444. The van der Waals surface area contributed by atoms with Gasteiger partial charge in [0.2, 0.25) is 0 Å². The van der Waals surface area contributed by atoms with Crippen LogP contribution in [0.3, 0.4) is 0 Å². The Morgan fingerprint density at radius 1 is 1.22 bits per heavy atom. The highest BCUT2D eigenvalue weighted by Gasteiger charge is 2.10. The fourth-order valence-electron chi connectivity index (χ4n) is 2.06. The van der Waals surface area contributed by atoms with Crippen molar-refractivity contribution in [3.05, 3.63) is 70.7 Å². The van der Waals surface area contributed by atoms with Crippen molar-refractivity contribution < 1.29 is 14.6 Å². The van der Waals surface area contributed by atoms with E-state index < -0.39 is 5.97 Å². The molecule has 3 rings (SSSR count). The molecule has 0 aliphatic carbocycles. The summed E-state index contributed by atoms with van der Waals surface area (Å²) in [6, 6.07) is 14.2. The summed E-state index contributed by atoms with van der Waals surface area (Å²) in [7, 11) is 0. The van der Waals surface area contributed by atoms with Crippen molar-refractivity contribution in [3.63, 3.8) is 0 Å². The van der Waals surface area contributed by atoms with Crippen LogP contribution >= 0.6 is 11.3 Å². The van der Waals surface area contributed by atoms with E-state index in [2.05, 4.69) is 4.98 Å². The number of nitrogens with zero attached hydrogens (tertiary/aromatic N) is 1. The van der Waals surface area contributed by atoms with Gasteiger partial charge in [0.05, 0.1) is 11.3 Å². The Morgan fingerprint density at radius 3 is 2.74 bits per heavy atom. The van der Waals surface area contributed by atoms with E-state index >= 15 is 0 Å². The number of carbonyl (C=O) groups excluding carboxylic acids is 1. The molecule has 1 heterocycles. The lowest BCUT2D eigenvalue weighted by molar-refractivity contribution is 0.0468. The lowest BCUT2D eigenvalue weighted by Crippen LogP contribution is -2.05. The summed E-state index contributed by atoms with van der Waals surface area (Å²) in [4.78, 5) is 16.4. The number of benzene rings is 2. The molecule has 116 valence electrons. The minimum Gasteiger partial charge on any atom is -0.508 e. The van der Waals surface area contributed by atoms with E-state index in [1.807, 2.05) is 36.6 Å². The van der Waals surface area contributed by atoms with Crippen LogP contribution in [0.15, 0.2) is 53.9 Å². The molecule has 0 unspecified atom stereocenters. The second-order valence-corrected chi connectivity index (χ2v) is 5.99. The number of hydrogen-bond acceptors (Lipinski definition) is 5. The number of thiazole rings is 1. The van der Waals surface area contributed by atoms with Gasteiger partial charge in [0.1, 0.15) is 17.4 Å². The highest BCUT2D eigenvalue weighted by molar-refractivity contribution is 7.13. The Bertz CT molecular complexity index is 824. The molecule has 3 aromatic rings. The lowest BCUT2D eigenvalue weighted by atomic mass is 10.2. The van der Waals surface area contributed by atoms with Gasteiger partial charge in [0.15, 0.2) is 0 Å². The van der Waals surface area contributed by atoms with Gasteiger partial charge in [-0.3, -0.25) is 0 Å². The quantitative estimate of drug-likeness (QED) is 0.731. The summed E-state index contributed by atoms with van der Waals surface area (Å²) in [5.41, 5.74) is 3.27. The molecule has 1 aromatic heterocycles.